The average Bonchev–Trinajstić information content (AvgIpc) is 2.48. The van der Waals surface area contributed by atoms with Crippen LogP contribution in [0.5, 0.6) is 0 Å². The molecule has 0 radical (unpaired) electrons. The van der Waals surface area contributed by atoms with Crippen LogP contribution in [-0.4, -0.2) is 84.1 Å². The molecule has 0 unspecified atom stereocenters. The van der Waals surface area contributed by atoms with Gasteiger partial charge in [0.1, 0.15) is 0 Å². The fourth-order valence-electron chi connectivity index (χ4n) is 1.87. The van der Waals surface area contributed by atoms with Crippen LogP contribution < -0.4 is 0 Å². The van der Waals surface area contributed by atoms with Crippen LogP contribution >= 0.6 is 0 Å². The Morgan fingerprint density at radius 1 is 0.684 bits per heavy atom. The highest BCUT2D eigenvalue weighted by molar-refractivity contribution is 6.79. The van der Waals surface area contributed by atoms with Crippen LogP contribution in [0, 0.1) is 0 Å². The predicted molar refractivity (Wildman–Crippen MR) is 90.5 cm³/mol. The largest absolute Gasteiger partial charge is 0.511 e. The van der Waals surface area contributed by atoms with Crippen molar-refractivity contribution in [3.8, 4) is 0 Å². The first-order chi connectivity index (χ1) is 9.07. The van der Waals surface area contributed by atoms with Crippen molar-refractivity contribution in [2.24, 2.45) is 0 Å². The number of hydrogen-bond donors (Lipinski definition) is 0. The molecular weight excluding hydrogens is 340 g/mol. The van der Waals surface area contributed by atoms with Crippen molar-refractivity contribution in [1.82, 2.24) is 0 Å². The van der Waals surface area contributed by atoms with E-state index in [0.29, 0.717) is 66.5 Å². The number of hydrogen-bond acceptors (Lipinski definition) is 5. The Balaban J connectivity index is 4.90. The Hall–Kier alpha value is 2.36. The second-order valence-electron chi connectivity index (χ2n) is 4.49. The maximum atomic E-state index is 6.35. The summed E-state index contributed by atoms with van der Waals surface area (Å²) in [6.07, 6.45) is 4.41. The minimum atomic E-state index is -2.51. The zero-order valence-corrected chi connectivity index (χ0v) is 23.3. The molecule has 0 amide bonds. The fraction of sp³-hybridized carbons (Fsp3) is 1.00. The van der Waals surface area contributed by atoms with Crippen molar-refractivity contribution in [3.05, 3.63) is 0 Å². The van der Waals surface area contributed by atoms with E-state index in [1.165, 1.54) is 0 Å². The van der Waals surface area contributed by atoms with Gasteiger partial charge in [0.2, 0.25) is 0 Å². The molecule has 11 heteroatoms. The van der Waals surface area contributed by atoms with Gasteiger partial charge < -0.3 is 18.0 Å². The molecule has 0 saturated heterocycles. The highest BCUT2D eigenvalue weighted by Gasteiger charge is 2.47. The maximum absolute atomic E-state index is 6.35. The summed E-state index contributed by atoms with van der Waals surface area (Å²) >= 11 is 2.58. The normalized spacial score (nSPS) is 12.7. The quantitative estimate of drug-likeness (QED) is 0.404. The number of rotatable bonds is 12. The molecule has 0 aromatic carbocycles. The van der Waals surface area contributed by atoms with Crippen molar-refractivity contribution in [3.63, 3.8) is 0 Å². The SMILES string of the molecule is CCCC[Si]([O][AlH2])([O][AlH2])O[Si](CCCC)([O][AlH2])[O][AlH2]. The standard InChI is InChI=1S/C8H18O5Si2.4Al.8H/c1-3-5-7-14(9,10)13-15(11,12)8-6-4-2;;;;;;;;;;;;/h3-8H2,1-2H3;;;;;;;;;;;;/q-4;4*+1;;;;;;;;. The van der Waals surface area contributed by atoms with Crippen molar-refractivity contribution < 1.29 is 18.0 Å². The molecule has 0 aromatic rings. The highest BCUT2D eigenvalue weighted by atomic mass is 28.5. The van der Waals surface area contributed by atoms with E-state index in [1.54, 1.807) is 0 Å². The van der Waals surface area contributed by atoms with Crippen molar-refractivity contribution in [2.75, 3.05) is 0 Å². The zero-order chi connectivity index (χ0) is 14.8. The molecule has 0 aliphatic carbocycles. The summed E-state index contributed by atoms with van der Waals surface area (Å²) in [6.45, 7) is 4.35. The fourth-order valence-corrected chi connectivity index (χ4v) is 18.1. The van der Waals surface area contributed by atoms with Gasteiger partial charge in [-0.05, 0) is 12.8 Å². The molecule has 0 atom stereocenters. The van der Waals surface area contributed by atoms with E-state index in [0.717, 1.165) is 37.8 Å². The van der Waals surface area contributed by atoms with Crippen LogP contribution in [0.25, 0.3) is 0 Å². The van der Waals surface area contributed by atoms with Gasteiger partial charge in [0.05, 0.1) is 0 Å². The molecule has 0 saturated carbocycles. The van der Waals surface area contributed by atoms with E-state index in [2.05, 4.69) is 13.8 Å². The number of unbranched alkanes of at least 4 members (excludes halogenated alkanes) is 2. The molecule has 0 fully saturated rings. The average molecular weight is 366 g/mol. The molecule has 0 spiro atoms. The van der Waals surface area contributed by atoms with Crippen molar-refractivity contribution in [2.45, 2.75) is 51.6 Å². The lowest BCUT2D eigenvalue weighted by atomic mass is 10.4. The summed E-state index contributed by atoms with van der Waals surface area (Å²) in [5.74, 6) is 0. The van der Waals surface area contributed by atoms with Gasteiger partial charge in [-0.3, -0.25) is 0 Å². The van der Waals surface area contributed by atoms with Crippen molar-refractivity contribution in [1.29, 1.82) is 0 Å². The zero-order valence-electron chi connectivity index (χ0n) is 13.3. The van der Waals surface area contributed by atoms with E-state index in [4.69, 9.17) is 18.0 Å². The smallest absolute Gasteiger partial charge is 0.434 e. The molecule has 0 bridgehead atoms. The molecule has 0 heterocycles. The molecule has 0 aromatic heterocycles. The summed E-state index contributed by atoms with van der Waals surface area (Å²) in [7, 11) is -5.02. The Kier molecular flexibility index (Phi) is 13.3. The lowest BCUT2D eigenvalue weighted by Gasteiger charge is -2.40. The van der Waals surface area contributed by atoms with Crippen LogP contribution in [0.4, 0.5) is 0 Å². The van der Waals surface area contributed by atoms with Gasteiger partial charge in [-0.1, -0.05) is 26.7 Å². The van der Waals surface area contributed by atoms with Gasteiger partial charge in [-0.25, -0.2) is 0 Å². The summed E-state index contributed by atoms with van der Waals surface area (Å²) in [5.41, 5.74) is 0. The molecule has 0 N–H and O–H groups in total. The Labute approximate surface area is 152 Å². The van der Waals surface area contributed by atoms with Crippen LogP contribution in [0.2, 0.25) is 12.1 Å². The summed E-state index contributed by atoms with van der Waals surface area (Å²) in [6, 6.07) is 1.79. The third-order valence-electron chi connectivity index (χ3n) is 3.23. The molecular formula is C8H26Al4O5Si2. The third-order valence-corrected chi connectivity index (χ3v) is 17.6. The monoisotopic (exact) mass is 366 g/mol. The van der Waals surface area contributed by atoms with Gasteiger partial charge in [0.25, 0.3) is 0 Å². The van der Waals surface area contributed by atoms with Gasteiger partial charge >= 0.3 is 84.1 Å². The van der Waals surface area contributed by atoms with E-state index < -0.39 is 17.6 Å². The Morgan fingerprint density at radius 3 is 1.21 bits per heavy atom. The molecule has 19 heavy (non-hydrogen) atoms. The van der Waals surface area contributed by atoms with E-state index in [1.807, 2.05) is 0 Å². The Bertz CT molecular complexity index is 209. The minimum Gasteiger partial charge on any atom is -0.511 e. The van der Waals surface area contributed by atoms with Crippen LogP contribution in [0.15, 0.2) is 0 Å². The Morgan fingerprint density at radius 2 is 1.00 bits per heavy atom. The van der Waals surface area contributed by atoms with Crippen LogP contribution in [-0.2, 0) is 18.0 Å². The topological polar surface area (TPSA) is 46.2 Å². The van der Waals surface area contributed by atoms with Gasteiger partial charge in [0, 0.05) is 12.1 Å². The second-order valence-corrected chi connectivity index (χ2v) is 15.6. The van der Waals surface area contributed by atoms with E-state index in [-0.39, 0.29) is 0 Å². The third kappa shape index (κ3) is 7.45. The minimum absolute atomic E-state index is 0.644. The molecule has 108 valence electrons. The molecule has 0 aliphatic rings. The summed E-state index contributed by atoms with van der Waals surface area (Å²) in [5, 5.41) is 0. The second kappa shape index (κ2) is 11.9. The molecule has 5 nitrogen and oxygen atoms in total. The molecule has 0 rings (SSSR count). The van der Waals surface area contributed by atoms with E-state index >= 15 is 0 Å². The van der Waals surface area contributed by atoms with Gasteiger partial charge in [-0.2, -0.15) is 0 Å². The van der Waals surface area contributed by atoms with Gasteiger partial charge in [0.15, 0.2) is 0 Å². The molecule has 0 aliphatic heterocycles. The maximum Gasteiger partial charge on any atom is 0.434 e. The summed E-state index contributed by atoms with van der Waals surface area (Å²) < 4.78 is 29.6. The lowest BCUT2D eigenvalue weighted by molar-refractivity contribution is 0.195. The van der Waals surface area contributed by atoms with Crippen LogP contribution in [0.3, 0.4) is 0 Å². The first-order valence-electron chi connectivity index (χ1n) is 6.98. The lowest BCUT2D eigenvalue weighted by Crippen LogP contribution is -2.58. The van der Waals surface area contributed by atoms with Crippen LogP contribution in [0.1, 0.15) is 39.5 Å². The first kappa shape index (κ1) is 21.4. The predicted octanol–water partition coefficient (Wildman–Crippen LogP) is -1.26. The first-order valence-corrected chi connectivity index (χ1v) is 14.1. The van der Waals surface area contributed by atoms with Crippen molar-refractivity contribution >= 4 is 84.1 Å². The van der Waals surface area contributed by atoms with Gasteiger partial charge in [-0.15, -0.1) is 0 Å². The summed E-state index contributed by atoms with van der Waals surface area (Å²) in [4.78, 5) is 0. The highest BCUT2D eigenvalue weighted by Crippen LogP contribution is 2.26. The van der Waals surface area contributed by atoms with E-state index in [9.17, 15) is 0 Å².